The average Bonchev–Trinajstić information content (AvgIpc) is 2.95. The van der Waals surface area contributed by atoms with E-state index in [1.165, 1.54) is 0 Å². The molecule has 0 radical (unpaired) electrons. The molecule has 1 aliphatic carbocycles. The summed E-state index contributed by atoms with van der Waals surface area (Å²) >= 11 is 0. The Hall–Kier alpha value is -1.36. The third-order valence-corrected chi connectivity index (χ3v) is 4.78. The fraction of sp³-hybridized carbons (Fsp3) is 0.462. The monoisotopic (exact) mass is 268 g/mol. The summed E-state index contributed by atoms with van der Waals surface area (Å²) in [6, 6.07) is 6.69. The molecule has 0 aromatic heterocycles. The molecule has 98 valence electrons. The molecule has 1 fully saturated rings. The summed E-state index contributed by atoms with van der Waals surface area (Å²) in [5.41, 5.74) is 0.576. The number of carboxylic acids is 1. The number of carbonyl (C=O) groups is 1. The van der Waals surface area contributed by atoms with Gasteiger partial charge >= 0.3 is 5.97 Å². The van der Waals surface area contributed by atoms with E-state index < -0.39 is 16.8 Å². The van der Waals surface area contributed by atoms with Crippen molar-refractivity contribution in [3.63, 3.8) is 0 Å². The van der Waals surface area contributed by atoms with Gasteiger partial charge in [-0.2, -0.15) is 0 Å². The zero-order chi connectivity index (χ0) is 13.2. The molecule has 2 N–H and O–H groups in total. The van der Waals surface area contributed by atoms with Gasteiger partial charge in [0.25, 0.3) is 0 Å². The quantitative estimate of drug-likeness (QED) is 0.826. The summed E-state index contributed by atoms with van der Waals surface area (Å²) < 4.78 is 12.0. The maximum absolute atomic E-state index is 12.0. The molecule has 1 aromatic carbocycles. The van der Waals surface area contributed by atoms with Gasteiger partial charge in [0.05, 0.1) is 6.42 Å². The molecule has 1 atom stereocenters. The molecule has 1 aliphatic rings. The summed E-state index contributed by atoms with van der Waals surface area (Å²) in [6.45, 7) is 0. The van der Waals surface area contributed by atoms with Crippen LogP contribution in [-0.4, -0.2) is 26.1 Å². The lowest BCUT2D eigenvalue weighted by Crippen LogP contribution is -2.17. The van der Waals surface area contributed by atoms with Crippen molar-refractivity contribution < 1.29 is 19.2 Å². The van der Waals surface area contributed by atoms with Gasteiger partial charge in [0.1, 0.15) is 5.75 Å². The molecule has 4 nitrogen and oxygen atoms in total. The van der Waals surface area contributed by atoms with Gasteiger partial charge in [-0.3, -0.25) is 9.00 Å². The van der Waals surface area contributed by atoms with E-state index in [4.69, 9.17) is 5.11 Å². The number of rotatable bonds is 6. The van der Waals surface area contributed by atoms with Crippen molar-refractivity contribution in [1.29, 1.82) is 0 Å². The highest BCUT2D eigenvalue weighted by Crippen LogP contribution is 2.49. The molecule has 0 amide bonds. The molecule has 1 unspecified atom stereocenters. The fourth-order valence-electron chi connectivity index (χ4n) is 2.09. The number of hydrogen-bond donors (Lipinski definition) is 2. The summed E-state index contributed by atoms with van der Waals surface area (Å²) in [7, 11) is -1.08. The predicted octanol–water partition coefficient (Wildman–Crippen LogP) is 1.90. The highest BCUT2D eigenvalue weighted by molar-refractivity contribution is 7.84. The average molecular weight is 268 g/mol. The van der Waals surface area contributed by atoms with Gasteiger partial charge in [-0.15, -0.1) is 0 Å². The van der Waals surface area contributed by atoms with Crippen molar-refractivity contribution in [2.45, 2.75) is 25.0 Å². The molecule has 2 rings (SSSR count). The molecule has 0 heterocycles. The molecule has 5 heteroatoms. The Balaban J connectivity index is 1.91. The predicted molar refractivity (Wildman–Crippen MR) is 68.7 cm³/mol. The van der Waals surface area contributed by atoms with Crippen LogP contribution in [-0.2, 0) is 21.3 Å². The smallest absolute Gasteiger partial charge is 0.303 e. The number of carboxylic acid groups (broad SMARTS) is 1. The van der Waals surface area contributed by atoms with Crippen molar-refractivity contribution in [3.05, 3.63) is 29.8 Å². The first-order valence-corrected chi connectivity index (χ1v) is 7.33. The Morgan fingerprint density at radius 3 is 2.67 bits per heavy atom. The fourth-order valence-corrected chi connectivity index (χ4v) is 3.82. The van der Waals surface area contributed by atoms with Crippen LogP contribution in [0.2, 0.25) is 0 Å². The third kappa shape index (κ3) is 3.57. The lowest BCUT2D eigenvalue weighted by molar-refractivity contribution is -0.138. The minimum atomic E-state index is -1.08. The first kappa shape index (κ1) is 13.1. The van der Waals surface area contributed by atoms with E-state index in [9.17, 15) is 14.1 Å². The van der Waals surface area contributed by atoms with E-state index in [2.05, 4.69) is 0 Å². The minimum Gasteiger partial charge on any atom is -0.508 e. The third-order valence-electron chi connectivity index (χ3n) is 3.19. The van der Waals surface area contributed by atoms with Gasteiger partial charge in [0, 0.05) is 22.3 Å². The lowest BCUT2D eigenvalue weighted by Gasteiger charge is -2.11. The van der Waals surface area contributed by atoms with E-state index in [0.717, 1.165) is 18.4 Å². The van der Waals surface area contributed by atoms with Gasteiger partial charge in [-0.05, 0) is 36.0 Å². The summed E-state index contributed by atoms with van der Waals surface area (Å²) in [4.78, 5) is 10.7. The number of hydrogen-bond acceptors (Lipinski definition) is 3. The Bertz CT molecular complexity index is 480. The second-order valence-electron chi connectivity index (χ2n) is 4.97. The molecule has 1 aromatic rings. The second-order valence-corrected chi connectivity index (χ2v) is 6.43. The Morgan fingerprint density at radius 2 is 2.11 bits per heavy atom. The van der Waals surface area contributed by atoms with Crippen LogP contribution in [0.25, 0.3) is 0 Å². The number of benzene rings is 1. The van der Waals surface area contributed by atoms with Crippen LogP contribution >= 0.6 is 0 Å². The van der Waals surface area contributed by atoms with Gasteiger partial charge in [0.15, 0.2) is 0 Å². The molecule has 0 saturated heterocycles. The first-order valence-electron chi connectivity index (χ1n) is 5.84. The zero-order valence-corrected chi connectivity index (χ0v) is 10.8. The number of phenolic OH excluding ortho intramolecular Hbond substituents is 1. The standard InChI is InChI=1S/C13H16O4S/c14-11-3-1-2-10(6-11)8-18(17)9-13(4-5-13)7-12(15)16/h1-3,6,14H,4-5,7-9H2,(H,15,16). The molecule has 0 aliphatic heterocycles. The maximum atomic E-state index is 12.0. The number of aromatic hydroxyl groups is 1. The van der Waals surface area contributed by atoms with Crippen molar-refractivity contribution in [2.24, 2.45) is 5.41 Å². The van der Waals surface area contributed by atoms with Crippen LogP contribution in [0.15, 0.2) is 24.3 Å². The summed E-state index contributed by atoms with van der Waals surface area (Å²) in [5.74, 6) is 0.156. The van der Waals surface area contributed by atoms with Crippen molar-refractivity contribution >= 4 is 16.8 Å². The van der Waals surface area contributed by atoms with E-state index in [1.54, 1.807) is 18.2 Å². The maximum Gasteiger partial charge on any atom is 0.303 e. The second kappa shape index (κ2) is 5.10. The topological polar surface area (TPSA) is 74.6 Å². The summed E-state index contributed by atoms with van der Waals surface area (Å²) in [5, 5.41) is 18.1. The van der Waals surface area contributed by atoms with Crippen LogP contribution in [0.3, 0.4) is 0 Å². The molecular weight excluding hydrogens is 252 g/mol. The van der Waals surface area contributed by atoms with Gasteiger partial charge < -0.3 is 10.2 Å². The van der Waals surface area contributed by atoms with Gasteiger partial charge in [-0.1, -0.05) is 12.1 Å². The zero-order valence-electron chi connectivity index (χ0n) is 9.96. The van der Waals surface area contributed by atoms with Crippen LogP contribution in [0.1, 0.15) is 24.8 Å². The number of aliphatic carboxylic acids is 1. The van der Waals surface area contributed by atoms with Crippen LogP contribution in [0.4, 0.5) is 0 Å². The largest absolute Gasteiger partial charge is 0.508 e. The van der Waals surface area contributed by atoms with E-state index in [-0.39, 0.29) is 17.6 Å². The van der Waals surface area contributed by atoms with Crippen molar-refractivity contribution in [1.82, 2.24) is 0 Å². The first-order chi connectivity index (χ1) is 8.49. The van der Waals surface area contributed by atoms with Crippen LogP contribution < -0.4 is 0 Å². The highest BCUT2D eigenvalue weighted by Gasteiger charge is 2.45. The normalized spacial score (nSPS) is 18.2. The van der Waals surface area contributed by atoms with Crippen LogP contribution in [0.5, 0.6) is 5.75 Å². The van der Waals surface area contributed by atoms with E-state index in [0.29, 0.717) is 11.5 Å². The van der Waals surface area contributed by atoms with Gasteiger partial charge in [-0.25, -0.2) is 0 Å². The Kier molecular flexibility index (Phi) is 3.71. The number of phenols is 1. The molecule has 0 bridgehead atoms. The van der Waals surface area contributed by atoms with Crippen LogP contribution in [0, 0.1) is 5.41 Å². The molecular formula is C13H16O4S. The lowest BCUT2D eigenvalue weighted by atomic mass is 10.1. The Labute approximate surface area is 108 Å². The molecule has 18 heavy (non-hydrogen) atoms. The van der Waals surface area contributed by atoms with E-state index in [1.807, 2.05) is 6.07 Å². The van der Waals surface area contributed by atoms with Crippen molar-refractivity contribution in [3.8, 4) is 5.75 Å². The SMILES string of the molecule is O=C(O)CC1(CS(=O)Cc2cccc(O)c2)CC1. The molecule has 0 spiro atoms. The Morgan fingerprint density at radius 1 is 1.39 bits per heavy atom. The highest BCUT2D eigenvalue weighted by atomic mass is 32.2. The van der Waals surface area contributed by atoms with Gasteiger partial charge in [0.2, 0.25) is 0 Å². The minimum absolute atomic E-state index is 0.110. The van der Waals surface area contributed by atoms with E-state index >= 15 is 0 Å². The summed E-state index contributed by atoms with van der Waals surface area (Å²) in [6.07, 6.45) is 1.81. The van der Waals surface area contributed by atoms with Crippen molar-refractivity contribution in [2.75, 3.05) is 5.75 Å². The molecule has 1 saturated carbocycles.